The number of hydrogen-bond donors (Lipinski definition) is 0. The molecule has 0 spiro atoms. The Morgan fingerprint density at radius 3 is 2.26 bits per heavy atom. The van der Waals surface area contributed by atoms with Crippen LogP contribution in [-0.4, -0.2) is 35.6 Å². The van der Waals surface area contributed by atoms with Crippen molar-refractivity contribution in [1.29, 1.82) is 0 Å². The summed E-state index contributed by atoms with van der Waals surface area (Å²) in [4.78, 5) is 42.2. The summed E-state index contributed by atoms with van der Waals surface area (Å²) in [6.07, 6.45) is 0.514. The third-order valence-electron chi connectivity index (χ3n) is 6.54. The van der Waals surface area contributed by atoms with Gasteiger partial charge in [0.25, 0.3) is 5.69 Å². The first kappa shape index (κ1) is 24.3. The minimum Gasteiger partial charge on any atom is -0.497 e. The molecule has 8 nitrogen and oxygen atoms in total. The van der Waals surface area contributed by atoms with E-state index < -0.39 is 22.7 Å². The summed E-state index contributed by atoms with van der Waals surface area (Å²) in [7, 11) is 1.61. The van der Waals surface area contributed by atoms with Crippen molar-refractivity contribution in [2.45, 2.75) is 51.6 Å². The molecule has 1 aliphatic heterocycles. The van der Waals surface area contributed by atoms with Crippen LogP contribution >= 0.6 is 0 Å². The van der Waals surface area contributed by atoms with Gasteiger partial charge in [0.2, 0.25) is 0 Å². The van der Waals surface area contributed by atoms with Crippen molar-refractivity contribution in [1.82, 2.24) is 0 Å². The van der Waals surface area contributed by atoms with Crippen molar-refractivity contribution in [3.8, 4) is 5.75 Å². The van der Waals surface area contributed by atoms with Gasteiger partial charge in [0.05, 0.1) is 18.1 Å². The number of ether oxygens (including phenoxy) is 2. The molecule has 4 rings (SSSR count). The highest BCUT2D eigenvalue weighted by Gasteiger charge is 2.45. The molecule has 0 radical (unpaired) electrons. The monoisotopic (exact) mass is 476 g/mol. The van der Waals surface area contributed by atoms with E-state index in [0.717, 1.165) is 11.3 Å². The van der Waals surface area contributed by atoms with Crippen LogP contribution < -0.4 is 4.74 Å². The molecule has 0 saturated heterocycles. The van der Waals surface area contributed by atoms with E-state index in [1.54, 1.807) is 40.0 Å². The number of non-ortho nitro benzene ring substituents is 1. The number of allylic oxidation sites excluding steroid dienone is 2. The van der Waals surface area contributed by atoms with Crippen molar-refractivity contribution in [2.24, 2.45) is 10.9 Å². The maximum absolute atomic E-state index is 13.6. The summed E-state index contributed by atoms with van der Waals surface area (Å²) in [5, 5.41) is 11.2. The van der Waals surface area contributed by atoms with Crippen LogP contribution in [0.4, 0.5) is 5.69 Å². The summed E-state index contributed by atoms with van der Waals surface area (Å²) < 4.78 is 10.8. The fourth-order valence-corrected chi connectivity index (χ4v) is 4.95. The summed E-state index contributed by atoms with van der Waals surface area (Å²) in [6.45, 7) is 5.31. The van der Waals surface area contributed by atoms with Crippen LogP contribution in [0.1, 0.15) is 56.6 Å². The number of benzene rings is 2. The van der Waals surface area contributed by atoms with Crippen LogP contribution in [0.15, 0.2) is 64.8 Å². The van der Waals surface area contributed by atoms with E-state index in [2.05, 4.69) is 0 Å². The maximum Gasteiger partial charge on any atom is 0.315 e. The van der Waals surface area contributed by atoms with Crippen LogP contribution in [0, 0.1) is 16.0 Å². The Morgan fingerprint density at radius 1 is 1.06 bits per heavy atom. The number of ketones is 1. The minimum absolute atomic E-state index is 0.0413. The molecular weight excluding hydrogens is 448 g/mol. The summed E-state index contributed by atoms with van der Waals surface area (Å²) in [5.41, 5.74) is 3.35. The van der Waals surface area contributed by atoms with Crippen molar-refractivity contribution >= 4 is 23.2 Å². The number of Topliss-reactive ketones (excluding diaryl/α,β-unsaturated/α-hetero) is 1. The Balaban J connectivity index is 1.77. The van der Waals surface area contributed by atoms with Gasteiger partial charge in [-0.15, -0.1) is 0 Å². The van der Waals surface area contributed by atoms with Crippen LogP contribution in [0.3, 0.4) is 0 Å². The smallest absolute Gasteiger partial charge is 0.315 e. The van der Waals surface area contributed by atoms with Gasteiger partial charge >= 0.3 is 5.97 Å². The van der Waals surface area contributed by atoms with E-state index in [9.17, 15) is 19.7 Å². The summed E-state index contributed by atoms with van der Waals surface area (Å²) in [5.74, 6) is -1.22. The molecule has 35 heavy (non-hydrogen) atoms. The lowest BCUT2D eigenvalue weighted by Gasteiger charge is -2.36. The predicted octanol–water partition coefficient (Wildman–Crippen LogP) is 5.13. The van der Waals surface area contributed by atoms with E-state index >= 15 is 0 Å². The van der Waals surface area contributed by atoms with Gasteiger partial charge in [0.1, 0.15) is 11.7 Å². The van der Waals surface area contributed by atoms with Gasteiger partial charge in [-0.05, 0) is 56.4 Å². The molecule has 0 N–H and O–H groups in total. The zero-order valence-corrected chi connectivity index (χ0v) is 20.2. The highest BCUT2D eigenvalue weighted by atomic mass is 16.6. The Hall–Kier alpha value is -3.81. The van der Waals surface area contributed by atoms with Crippen LogP contribution in [0.25, 0.3) is 0 Å². The van der Waals surface area contributed by atoms with Gasteiger partial charge in [0.15, 0.2) is 5.78 Å². The van der Waals surface area contributed by atoms with Gasteiger partial charge in [0, 0.05) is 41.5 Å². The number of methoxy groups -OCH3 is 1. The number of hydrogen-bond acceptors (Lipinski definition) is 7. The molecule has 2 aromatic rings. The quantitative estimate of drug-likeness (QED) is 0.325. The van der Waals surface area contributed by atoms with Gasteiger partial charge in [-0.1, -0.05) is 24.3 Å². The number of aliphatic imine (C=N–C) groups is 1. The molecule has 1 aliphatic carbocycles. The summed E-state index contributed by atoms with van der Waals surface area (Å²) >= 11 is 0. The van der Waals surface area contributed by atoms with E-state index in [0.29, 0.717) is 29.0 Å². The molecule has 0 aromatic heterocycles. The van der Waals surface area contributed by atoms with Gasteiger partial charge in [-0.25, -0.2) is 0 Å². The molecule has 2 aliphatic rings. The standard InChI is InChI=1S/C27H28N2O6/c1-15(2)35-27(31)24-16(3)28-22-13-19(17-7-11-21(34-4)12-8-17)14-23(30)26(22)25(24)18-5-9-20(10-6-18)29(32)33/h5-12,15,19,24-25H,13-14H2,1-4H3/t19-,24?,25+/m0/s1. The Bertz CT molecular complexity index is 1210. The van der Waals surface area contributed by atoms with E-state index in [1.807, 2.05) is 24.3 Å². The fourth-order valence-electron chi connectivity index (χ4n) is 4.95. The molecule has 1 unspecified atom stereocenters. The highest BCUT2D eigenvalue weighted by molar-refractivity contribution is 6.09. The maximum atomic E-state index is 13.6. The Kier molecular flexibility index (Phi) is 6.82. The molecule has 1 heterocycles. The van der Waals surface area contributed by atoms with E-state index in [4.69, 9.17) is 14.5 Å². The van der Waals surface area contributed by atoms with Gasteiger partial charge < -0.3 is 9.47 Å². The number of esters is 1. The minimum atomic E-state index is -0.779. The van der Waals surface area contributed by atoms with Crippen molar-refractivity contribution in [3.05, 3.63) is 81.0 Å². The third kappa shape index (κ3) is 4.87. The van der Waals surface area contributed by atoms with Gasteiger partial charge in [-0.3, -0.25) is 24.7 Å². The fraction of sp³-hybridized carbons (Fsp3) is 0.370. The summed E-state index contributed by atoms with van der Waals surface area (Å²) in [6, 6.07) is 13.7. The molecule has 2 aromatic carbocycles. The number of nitro groups is 1. The lowest BCUT2D eigenvalue weighted by atomic mass is 9.69. The van der Waals surface area contributed by atoms with Crippen molar-refractivity contribution in [3.63, 3.8) is 0 Å². The first-order valence-electron chi connectivity index (χ1n) is 11.6. The van der Waals surface area contributed by atoms with Crippen LogP contribution in [0.2, 0.25) is 0 Å². The first-order valence-corrected chi connectivity index (χ1v) is 11.6. The highest BCUT2D eigenvalue weighted by Crippen LogP contribution is 2.47. The van der Waals surface area contributed by atoms with Crippen LogP contribution in [0.5, 0.6) is 5.75 Å². The number of rotatable bonds is 6. The predicted molar refractivity (Wildman–Crippen MR) is 131 cm³/mol. The van der Waals surface area contributed by atoms with Crippen molar-refractivity contribution < 1.29 is 24.0 Å². The zero-order valence-electron chi connectivity index (χ0n) is 20.2. The molecular formula is C27H28N2O6. The molecule has 3 atom stereocenters. The first-order chi connectivity index (χ1) is 16.7. The molecule has 8 heteroatoms. The number of carbonyl (C=O) groups is 2. The van der Waals surface area contributed by atoms with Crippen molar-refractivity contribution in [2.75, 3.05) is 7.11 Å². The second-order valence-corrected chi connectivity index (χ2v) is 9.20. The largest absolute Gasteiger partial charge is 0.497 e. The lowest BCUT2D eigenvalue weighted by Crippen LogP contribution is -2.38. The number of carbonyl (C=O) groups excluding carboxylic acids is 2. The molecule has 0 saturated carbocycles. The molecule has 0 bridgehead atoms. The lowest BCUT2D eigenvalue weighted by molar-refractivity contribution is -0.384. The normalized spacial score (nSPS) is 21.9. The SMILES string of the molecule is COc1ccc([C@@H]2CC(=O)C3=C(C2)N=C(C)C(C(=O)OC(C)C)[C@H]3c2ccc([N+](=O)[O-])cc2)cc1. The number of nitrogens with zero attached hydrogens (tertiary/aromatic N) is 2. The molecule has 0 fully saturated rings. The van der Waals surface area contributed by atoms with E-state index in [1.165, 1.54) is 12.1 Å². The average molecular weight is 477 g/mol. The second kappa shape index (κ2) is 9.82. The zero-order chi connectivity index (χ0) is 25.3. The third-order valence-corrected chi connectivity index (χ3v) is 6.54. The Labute approximate surface area is 203 Å². The topological polar surface area (TPSA) is 108 Å². The Morgan fingerprint density at radius 2 is 1.69 bits per heavy atom. The van der Waals surface area contributed by atoms with E-state index in [-0.39, 0.29) is 29.9 Å². The average Bonchev–Trinajstić information content (AvgIpc) is 2.82. The second-order valence-electron chi connectivity index (χ2n) is 9.20. The molecule has 182 valence electrons. The van der Waals surface area contributed by atoms with Crippen LogP contribution in [-0.2, 0) is 14.3 Å². The number of nitro benzene ring substituents is 1. The molecule has 0 amide bonds. The van der Waals surface area contributed by atoms with Gasteiger partial charge in [-0.2, -0.15) is 0 Å².